The highest BCUT2D eigenvalue weighted by Crippen LogP contribution is 2.52. The van der Waals surface area contributed by atoms with Crippen LogP contribution in [-0.2, 0) is 19.1 Å². The zero-order chi connectivity index (χ0) is 20.8. The minimum atomic E-state index is -1.09. The van der Waals surface area contributed by atoms with Crippen LogP contribution in [0.2, 0.25) is 5.02 Å². The highest BCUT2D eigenvalue weighted by molar-refractivity contribution is 6.30. The lowest BCUT2D eigenvalue weighted by Crippen LogP contribution is -2.60. The summed E-state index contributed by atoms with van der Waals surface area (Å²) in [7, 11) is 0. The minimum Gasteiger partial charge on any atom is -0.487 e. The van der Waals surface area contributed by atoms with Gasteiger partial charge in [0.1, 0.15) is 24.6 Å². The van der Waals surface area contributed by atoms with Crippen LogP contribution < -0.4 is 4.74 Å². The molecule has 0 bridgehead atoms. The molecular weight excluding hydrogens is 398 g/mol. The van der Waals surface area contributed by atoms with Crippen LogP contribution in [0.3, 0.4) is 0 Å². The lowest BCUT2D eigenvalue weighted by atomic mass is 9.72. The van der Waals surface area contributed by atoms with E-state index in [0.717, 1.165) is 30.6 Å². The van der Waals surface area contributed by atoms with Gasteiger partial charge in [0.25, 0.3) is 0 Å². The number of ether oxygens (including phenoxy) is 3. The van der Waals surface area contributed by atoms with E-state index < -0.39 is 18.2 Å². The normalized spacial score (nSPS) is 29.8. The fourth-order valence-electron chi connectivity index (χ4n) is 4.88. The molecule has 4 atom stereocenters. The molecule has 0 spiro atoms. The van der Waals surface area contributed by atoms with E-state index in [9.17, 15) is 9.59 Å². The molecule has 3 aliphatic rings. The Bertz CT molecular complexity index is 812. The Morgan fingerprint density at radius 3 is 2.90 bits per heavy atom. The average Bonchev–Trinajstić information content (AvgIpc) is 2.66. The van der Waals surface area contributed by atoms with E-state index in [0.29, 0.717) is 11.6 Å². The van der Waals surface area contributed by atoms with Crippen molar-refractivity contribution in [3.05, 3.63) is 28.8 Å². The summed E-state index contributed by atoms with van der Waals surface area (Å²) in [6.45, 7) is 4.02. The third kappa shape index (κ3) is 3.96. The lowest BCUT2D eigenvalue weighted by Gasteiger charge is -2.54. The van der Waals surface area contributed by atoms with Crippen molar-refractivity contribution in [3.63, 3.8) is 0 Å². The summed E-state index contributed by atoms with van der Waals surface area (Å²) in [4.78, 5) is 25.1. The van der Waals surface area contributed by atoms with E-state index in [1.54, 1.807) is 4.90 Å². The first kappa shape index (κ1) is 20.4. The number of rotatable bonds is 4. The fourth-order valence-corrected chi connectivity index (χ4v) is 5.06. The second-order valence-corrected chi connectivity index (χ2v) is 8.94. The molecule has 1 N–H and O–H groups in total. The van der Waals surface area contributed by atoms with Gasteiger partial charge in [0.15, 0.2) is 0 Å². The Morgan fingerprint density at radius 1 is 1.34 bits per heavy atom. The molecule has 0 saturated carbocycles. The molecule has 2 fully saturated rings. The average molecular weight is 424 g/mol. The summed E-state index contributed by atoms with van der Waals surface area (Å²) < 4.78 is 17.9. The third-order valence-corrected chi connectivity index (χ3v) is 6.45. The van der Waals surface area contributed by atoms with Crippen molar-refractivity contribution in [2.24, 2.45) is 5.92 Å². The zero-order valence-corrected chi connectivity index (χ0v) is 17.4. The SMILES string of the molecule is CC1(C)Oc2ccc(Cl)cc2[C@@H]2O[C@@H]3CCCN(C(=O)COCC(=O)O)[C@@H]3C[C@H]21. The Kier molecular flexibility index (Phi) is 5.48. The number of likely N-dealkylation sites (tertiary alicyclic amines) is 1. The fraction of sp³-hybridized carbons (Fsp3) is 0.619. The van der Waals surface area contributed by atoms with E-state index in [1.807, 2.05) is 18.2 Å². The number of carboxylic acid groups (broad SMARTS) is 1. The molecule has 0 aliphatic carbocycles. The van der Waals surface area contributed by atoms with Crippen molar-refractivity contribution >= 4 is 23.5 Å². The number of benzene rings is 1. The van der Waals surface area contributed by atoms with Crippen molar-refractivity contribution in [3.8, 4) is 5.75 Å². The molecule has 1 aromatic rings. The van der Waals surface area contributed by atoms with Crippen LogP contribution in [0.5, 0.6) is 5.75 Å². The number of halogens is 1. The van der Waals surface area contributed by atoms with E-state index in [2.05, 4.69) is 13.8 Å². The highest BCUT2D eigenvalue weighted by atomic mass is 35.5. The quantitative estimate of drug-likeness (QED) is 0.801. The first-order valence-electron chi connectivity index (χ1n) is 9.99. The van der Waals surface area contributed by atoms with Gasteiger partial charge in [0.2, 0.25) is 5.91 Å². The standard InChI is InChI=1S/C21H26ClNO6/c1-21(2)14-9-15-17(4-3-7-23(15)18(24)10-27-11-19(25)26)28-20(14)13-8-12(22)5-6-16(13)29-21/h5-6,8,14-15,17,20H,3-4,7,9-11H2,1-2H3,(H,25,26)/t14-,15-,17-,20+/m1/s1. The number of nitrogens with zero attached hydrogens (tertiary/aromatic N) is 1. The molecule has 0 aromatic heterocycles. The van der Waals surface area contributed by atoms with Crippen LogP contribution in [0, 0.1) is 5.92 Å². The van der Waals surface area contributed by atoms with Gasteiger partial charge < -0.3 is 24.2 Å². The molecule has 29 heavy (non-hydrogen) atoms. The molecule has 1 aromatic carbocycles. The summed E-state index contributed by atoms with van der Waals surface area (Å²) >= 11 is 6.23. The van der Waals surface area contributed by atoms with Gasteiger partial charge in [-0.2, -0.15) is 0 Å². The maximum absolute atomic E-state index is 12.7. The highest BCUT2D eigenvalue weighted by Gasteiger charge is 2.52. The summed E-state index contributed by atoms with van der Waals surface area (Å²) in [6, 6.07) is 5.55. The lowest BCUT2D eigenvalue weighted by molar-refractivity contribution is -0.194. The zero-order valence-electron chi connectivity index (χ0n) is 16.6. The predicted molar refractivity (Wildman–Crippen MR) is 105 cm³/mol. The Hall–Kier alpha value is -1.83. The van der Waals surface area contributed by atoms with Crippen molar-refractivity contribution in [1.29, 1.82) is 0 Å². The summed E-state index contributed by atoms with van der Waals surface area (Å²) in [5.41, 5.74) is 0.510. The van der Waals surface area contributed by atoms with Crippen molar-refractivity contribution < 1.29 is 28.9 Å². The van der Waals surface area contributed by atoms with Gasteiger partial charge in [-0.1, -0.05) is 11.6 Å². The minimum absolute atomic E-state index is 0.0584. The molecule has 0 unspecified atom stereocenters. The Morgan fingerprint density at radius 2 is 2.14 bits per heavy atom. The first-order valence-corrected chi connectivity index (χ1v) is 10.4. The second-order valence-electron chi connectivity index (χ2n) is 8.51. The van der Waals surface area contributed by atoms with Crippen LogP contribution in [0.4, 0.5) is 0 Å². The van der Waals surface area contributed by atoms with Crippen molar-refractivity contribution in [2.75, 3.05) is 19.8 Å². The molecule has 2 saturated heterocycles. The molecule has 3 heterocycles. The molecule has 7 nitrogen and oxygen atoms in total. The molecule has 8 heteroatoms. The molecule has 158 valence electrons. The second kappa shape index (κ2) is 7.78. The van der Waals surface area contributed by atoms with Gasteiger partial charge in [-0.15, -0.1) is 0 Å². The summed E-state index contributed by atoms with van der Waals surface area (Å²) in [6.07, 6.45) is 2.26. The topological polar surface area (TPSA) is 85.3 Å². The molecular formula is C21H26ClNO6. The van der Waals surface area contributed by atoms with Crippen LogP contribution >= 0.6 is 11.6 Å². The van der Waals surface area contributed by atoms with Gasteiger partial charge in [0, 0.05) is 23.0 Å². The number of carboxylic acids is 1. The Labute approximate surface area is 174 Å². The first-order chi connectivity index (χ1) is 13.8. The van der Waals surface area contributed by atoms with E-state index >= 15 is 0 Å². The van der Waals surface area contributed by atoms with Gasteiger partial charge in [-0.3, -0.25) is 4.79 Å². The molecule has 4 rings (SSSR count). The number of carbonyl (C=O) groups is 2. The van der Waals surface area contributed by atoms with Crippen LogP contribution in [0.25, 0.3) is 0 Å². The Balaban J connectivity index is 1.56. The predicted octanol–water partition coefficient (Wildman–Crippen LogP) is 3.05. The van der Waals surface area contributed by atoms with Crippen LogP contribution in [0.1, 0.15) is 44.8 Å². The summed E-state index contributed by atoms with van der Waals surface area (Å²) in [5, 5.41) is 9.36. The third-order valence-electron chi connectivity index (χ3n) is 6.22. The van der Waals surface area contributed by atoms with E-state index in [1.165, 1.54) is 0 Å². The number of hydrogen-bond acceptors (Lipinski definition) is 5. The summed E-state index contributed by atoms with van der Waals surface area (Å²) in [5.74, 6) is -0.425. The number of amides is 1. The number of piperidine rings is 1. The van der Waals surface area contributed by atoms with E-state index in [-0.39, 0.29) is 36.7 Å². The van der Waals surface area contributed by atoms with Gasteiger partial charge in [-0.05, 0) is 51.3 Å². The smallest absolute Gasteiger partial charge is 0.329 e. The van der Waals surface area contributed by atoms with Crippen LogP contribution in [0.15, 0.2) is 18.2 Å². The number of fused-ring (bicyclic) bond motifs is 4. The monoisotopic (exact) mass is 423 g/mol. The maximum atomic E-state index is 12.7. The maximum Gasteiger partial charge on any atom is 0.329 e. The largest absolute Gasteiger partial charge is 0.487 e. The number of hydrogen-bond donors (Lipinski definition) is 1. The molecule has 1 amide bonds. The van der Waals surface area contributed by atoms with Gasteiger partial charge in [0.05, 0.1) is 18.2 Å². The van der Waals surface area contributed by atoms with Gasteiger partial charge in [-0.25, -0.2) is 4.79 Å². The van der Waals surface area contributed by atoms with Crippen molar-refractivity contribution in [1.82, 2.24) is 4.90 Å². The van der Waals surface area contributed by atoms with Crippen LogP contribution in [-0.4, -0.2) is 59.4 Å². The van der Waals surface area contributed by atoms with Crippen molar-refractivity contribution in [2.45, 2.75) is 57.0 Å². The van der Waals surface area contributed by atoms with Gasteiger partial charge >= 0.3 is 5.97 Å². The molecule has 3 aliphatic heterocycles. The number of aliphatic carboxylic acids is 1. The number of carbonyl (C=O) groups excluding carboxylic acids is 1. The van der Waals surface area contributed by atoms with E-state index in [4.69, 9.17) is 30.9 Å². The molecule has 0 radical (unpaired) electrons.